The van der Waals surface area contributed by atoms with Crippen molar-refractivity contribution in [2.45, 2.75) is 0 Å². The fourth-order valence-electron chi connectivity index (χ4n) is 1.71. The Morgan fingerprint density at radius 3 is 2.52 bits per heavy atom. The quantitative estimate of drug-likeness (QED) is 0.662. The number of hydrogen-bond donors (Lipinski definition) is 2. The molecule has 0 unspecified atom stereocenters. The number of nitriles is 1. The molecule has 0 aliphatic carbocycles. The third kappa shape index (κ3) is 4.46. The van der Waals surface area contributed by atoms with Crippen molar-refractivity contribution in [2.24, 2.45) is 0 Å². The summed E-state index contributed by atoms with van der Waals surface area (Å²) in [7, 11) is 0. The van der Waals surface area contributed by atoms with E-state index < -0.39 is 18.5 Å². The van der Waals surface area contributed by atoms with Gasteiger partial charge in [0.15, 0.2) is 6.61 Å². The van der Waals surface area contributed by atoms with Gasteiger partial charge in [0.25, 0.3) is 5.91 Å². The van der Waals surface area contributed by atoms with Gasteiger partial charge < -0.3 is 15.8 Å². The van der Waals surface area contributed by atoms with Gasteiger partial charge in [-0.05, 0) is 42.5 Å². The molecule has 1 amide bonds. The lowest BCUT2D eigenvalue weighted by atomic mass is 10.2. The zero-order valence-corrected chi connectivity index (χ0v) is 12.6. The lowest BCUT2D eigenvalue weighted by Gasteiger charge is -2.07. The predicted molar refractivity (Wildman–Crippen MR) is 85.9 cm³/mol. The van der Waals surface area contributed by atoms with E-state index in [-0.39, 0.29) is 5.02 Å². The third-order valence-electron chi connectivity index (χ3n) is 2.85. The second kappa shape index (κ2) is 7.29. The summed E-state index contributed by atoms with van der Waals surface area (Å²) in [6, 6.07) is 12.5. The Morgan fingerprint density at radius 1 is 1.22 bits per heavy atom. The number of carbonyl (C=O) groups is 2. The van der Waals surface area contributed by atoms with E-state index in [1.54, 1.807) is 12.1 Å². The smallest absolute Gasteiger partial charge is 0.338 e. The van der Waals surface area contributed by atoms with Gasteiger partial charge in [-0.15, -0.1) is 0 Å². The summed E-state index contributed by atoms with van der Waals surface area (Å²) in [4.78, 5) is 23.5. The Balaban J connectivity index is 1.90. The number of nitrogens with zero attached hydrogens (tertiary/aromatic N) is 1. The van der Waals surface area contributed by atoms with E-state index in [0.29, 0.717) is 22.5 Å². The molecular weight excluding hydrogens is 318 g/mol. The van der Waals surface area contributed by atoms with E-state index in [1.807, 2.05) is 6.07 Å². The number of benzene rings is 2. The molecule has 0 heterocycles. The van der Waals surface area contributed by atoms with Gasteiger partial charge in [-0.3, -0.25) is 4.79 Å². The molecule has 0 aliphatic heterocycles. The van der Waals surface area contributed by atoms with E-state index in [0.717, 1.165) is 0 Å². The summed E-state index contributed by atoms with van der Waals surface area (Å²) in [5.41, 5.74) is 7.06. The van der Waals surface area contributed by atoms with Gasteiger partial charge in [-0.25, -0.2) is 4.79 Å². The second-order valence-corrected chi connectivity index (χ2v) is 4.96. The van der Waals surface area contributed by atoms with Crippen LogP contribution in [0.3, 0.4) is 0 Å². The molecule has 23 heavy (non-hydrogen) atoms. The standard InChI is InChI=1S/C16H12ClN3O3/c17-14-7-13(6-3-11(14)8-18)20-15(21)9-23-16(22)10-1-4-12(19)5-2-10/h1-7H,9,19H2,(H,20,21). The van der Waals surface area contributed by atoms with Crippen LogP contribution in [0.5, 0.6) is 0 Å². The van der Waals surface area contributed by atoms with Gasteiger partial charge >= 0.3 is 5.97 Å². The number of rotatable bonds is 4. The number of esters is 1. The molecule has 116 valence electrons. The minimum Gasteiger partial charge on any atom is -0.452 e. The molecule has 0 spiro atoms. The largest absolute Gasteiger partial charge is 0.452 e. The van der Waals surface area contributed by atoms with Crippen LogP contribution in [0.25, 0.3) is 0 Å². The number of nitrogens with one attached hydrogen (secondary N) is 1. The zero-order chi connectivity index (χ0) is 16.8. The molecule has 7 heteroatoms. The molecule has 2 aromatic rings. The van der Waals surface area contributed by atoms with Crippen LogP contribution < -0.4 is 11.1 Å². The molecule has 6 nitrogen and oxygen atoms in total. The highest BCUT2D eigenvalue weighted by Gasteiger charge is 2.11. The molecule has 0 aliphatic rings. The Kier molecular flexibility index (Phi) is 5.18. The summed E-state index contributed by atoms with van der Waals surface area (Å²) >= 11 is 5.86. The molecule has 0 bridgehead atoms. The first-order valence-corrected chi connectivity index (χ1v) is 6.89. The highest BCUT2D eigenvalue weighted by molar-refractivity contribution is 6.32. The summed E-state index contributed by atoms with van der Waals surface area (Å²) in [6.07, 6.45) is 0. The number of hydrogen-bond acceptors (Lipinski definition) is 5. The molecule has 0 radical (unpaired) electrons. The monoisotopic (exact) mass is 329 g/mol. The Morgan fingerprint density at radius 2 is 1.91 bits per heavy atom. The van der Waals surface area contributed by atoms with E-state index in [9.17, 15) is 9.59 Å². The van der Waals surface area contributed by atoms with Gasteiger partial charge in [-0.1, -0.05) is 11.6 Å². The van der Waals surface area contributed by atoms with E-state index in [2.05, 4.69) is 5.32 Å². The molecule has 2 aromatic carbocycles. The molecule has 0 saturated carbocycles. The maximum atomic E-state index is 11.8. The molecule has 0 atom stereocenters. The van der Waals surface area contributed by atoms with Gasteiger partial charge in [0.2, 0.25) is 0 Å². The highest BCUT2D eigenvalue weighted by atomic mass is 35.5. The minimum atomic E-state index is -0.627. The molecule has 0 aromatic heterocycles. The van der Waals surface area contributed by atoms with Crippen molar-refractivity contribution in [2.75, 3.05) is 17.7 Å². The summed E-state index contributed by atoms with van der Waals surface area (Å²) in [5, 5.41) is 11.5. The maximum absolute atomic E-state index is 11.8. The van der Waals surface area contributed by atoms with Crippen LogP contribution in [-0.4, -0.2) is 18.5 Å². The van der Waals surface area contributed by atoms with Gasteiger partial charge in [0, 0.05) is 11.4 Å². The predicted octanol–water partition coefficient (Wildman–Crippen LogP) is 2.59. The summed E-state index contributed by atoms with van der Waals surface area (Å²) in [5.74, 6) is -1.15. The van der Waals surface area contributed by atoms with Crippen molar-refractivity contribution in [3.05, 3.63) is 58.6 Å². The van der Waals surface area contributed by atoms with Crippen LogP contribution >= 0.6 is 11.6 Å². The zero-order valence-electron chi connectivity index (χ0n) is 11.9. The Labute approximate surface area is 137 Å². The summed E-state index contributed by atoms with van der Waals surface area (Å²) in [6.45, 7) is -0.444. The number of nitrogen functional groups attached to an aromatic ring is 1. The minimum absolute atomic E-state index is 0.226. The Bertz CT molecular complexity index is 782. The molecule has 0 fully saturated rings. The van der Waals surface area contributed by atoms with Gasteiger partial charge in [-0.2, -0.15) is 5.26 Å². The fraction of sp³-hybridized carbons (Fsp3) is 0.0625. The van der Waals surface area contributed by atoms with E-state index in [4.69, 9.17) is 27.3 Å². The van der Waals surface area contributed by atoms with Crippen molar-refractivity contribution in [3.63, 3.8) is 0 Å². The topological polar surface area (TPSA) is 105 Å². The maximum Gasteiger partial charge on any atom is 0.338 e. The molecular formula is C16H12ClN3O3. The fourth-order valence-corrected chi connectivity index (χ4v) is 1.94. The number of amides is 1. The Hall–Kier alpha value is -3.04. The van der Waals surface area contributed by atoms with Crippen LogP contribution in [0.4, 0.5) is 11.4 Å². The van der Waals surface area contributed by atoms with Crippen molar-refractivity contribution >= 4 is 34.9 Å². The third-order valence-corrected chi connectivity index (χ3v) is 3.17. The number of ether oxygens (including phenoxy) is 1. The SMILES string of the molecule is N#Cc1ccc(NC(=O)COC(=O)c2ccc(N)cc2)cc1Cl. The van der Waals surface area contributed by atoms with Crippen molar-refractivity contribution < 1.29 is 14.3 Å². The number of nitrogens with two attached hydrogens (primary N) is 1. The normalized spacial score (nSPS) is 9.74. The van der Waals surface area contributed by atoms with Crippen LogP contribution in [0, 0.1) is 11.3 Å². The lowest BCUT2D eigenvalue weighted by Crippen LogP contribution is -2.20. The first-order valence-electron chi connectivity index (χ1n) is 6.52. The van der Waals surface area contributed by atoms with Crippen molar-refractivity contribution in [1.29, 1.82) is 5.26 Å². The van der Waals surface area contributed by atoms with Gasteiger partial charge in [0.05, 0.1) is 16.1 Å². The van der Waals surface area contributed by atoms with E-state index >= 15 is 0 Å². The number of carbonyl (C=O) groups excluding carboxylic acids is 2. The van der Waals surface area contributed by atoms with Crippen LogP contribution in [0.2, 0.25) is 5.02 Å². The average Bonchev–Trinajstić information content (AvgIpc) is 2.53. The molecule has 3 N–H and O–H groups in total. The van der Waals surface area contributed by atoms with Gasteiger partial charge in [0.1, 0.15) is 6.07 Å². The van der Waals surface area contributed by atoms with Crippen molar-refractivity contribution in [3.8, 4) is 6.07 Å². The van der Waals surface area contributed by atoms with Crippen LogP contribution in [0.15, 0.2) is 42.5 Å². The first-order chi connectivity index (χ1) is 11.0. The second-order valence-electron chi connectivity index (χ2n) is 4.55. The summed E-state index contributed by atoms with van der Waals surface area (Å²) < 4.78 is 4.90. The first kappa shape index (κ1) is 16.3. The number of halogens is 1. The molecule has 2 rings (SSSR count). The average molecular weight is 330 g/mol. The van der Waals surface area contributed by atoms with E-state index in [1.165, 1.54) is 30.3 Å². The lowest BCUT2D eigenvalue weighted by molar-refractivity contribution is -0.119. The van der Waals surface area contributed by atoms with Crippen LogP contribution in [-0.2, 0) is 9.53 Å². The van der Waals surface area contributed by atoms with Crippen molar-refractivity contribution in [1.82, 2.24) is 0 Å². The highest BCUT2D eigenvalue weighted by Crippen LogP contribution is 2.20. The van der Waals surface area contributed by atoms with Crippen LogP contribution in [0.1, 0.15) is 15.9 Å². The number of anilines is 2. The molecule has 0 saturated heterocycles.